The Balaban J connectivity index is 2.06. The summed E-state index contributed by atoms with van der Waals surface area (Å²) < 4.78 is 0. The molecule has 0 saturated heterocycles. The second kappa shape index (κ2) is 5.73. The third-order valence-corrected chi connectivity index (χ3v) is 4.76. The number of allylic oxidation sites excluding steroid dienone is 1. The highest BCUT2D eigenvalue weighted by molar-refractivity contribution is 6.30. The third-order valence-electron chi connectivity index (χ3n) is 4.51. The van der Waals surface area contributed by atoms with Gasteiger partial charge in [0, 0.05) is 10.9 Å². The van der Waals surface area contributed by atoms with Crippen LogP contribution in [0.3, 0.4) is 0 Å². The maximum absolute atomic E-state index is 11.1. The van der Waals surface area contributed by atoms with Gasteiger partial charge in [-0.2, -0.15) is 5.26 Å². The van der Waals surface area contributed by atoms with E-state index in [9.17, 15) is 10.4 Å². The van der Waals surface area contributed by atoms with Gasteiger partial charge in [-0.25, -0.2) is 0 Å². The minimum absolute atomic E-state index is 0.233. The van der Waals surface area contributed by atoms with Crippen molar-refractivity contribution in [2.45, 2.75) is 24.9 Å². The first-order valence-corrected chi connectivity index (χ1v) is 7.78. The summed E-state index contributed by atoms with van der Waals surface area (Å²) >= 11 is 5.93. The lowest BCUT2D eigenvalue weighted by atomic mass is 9.86. The molecule has 0 saturated carbocycles. The Kier molecular flexibility index (Phi) is 3.89. The normalized spacial score (nSPS) is 23.8. The molecular formula is C19H17ClN2O. The zero-order chi connectivity index (χ0) is 16.6. The molecule has 0 unspecified atom stereocenters. The van der Waals surface area contributed by atoms with Crippen molar-refractivity contribution in [1.29, 1.82) is 5.26 Å². The number of nitrogens with two attached hydrogens (primary N) is 1. The van der Waals surface area contributed by atoms with Crippen LogP contribution in [0.2, 0.25) is 5.02 Å². The number of rotatable bonds is 2. The maximum Gasteiger partial charge on any atom is 0.131 e. The van der Waals surface area contributed by atoms with Crippen molar-refractivity contribution in [3.63, 3.8) is 0 Å². The molecule has 0 radical (unpaired) electrons. The van der Waals surface area contributed by atoms with Crippen molar-refractivity contribution >= 4 is 11.6 Å². The number of benzene rings is 2. The molecule has 0 heterocycles. The summed E-state index contributed by atoms with van der Waals surface area (Å²) in [6.07, 6.45) is 0.354. The molecule has 1 aliphatic carbocycles. The van der Waals surface area contributed by atoms with Crippen LogP contribution in [0.15, 0.2) is 59.8 Å². The van der Waals surface area contributed by atoms with Gasteiger partial charge < -0.3 is 10.8 Å². The first-order chi connectivity index (χ1) is 11.0. The molecule has 2 atom stereocenters. The summed E-state index contributed by atoms with van der Waals surface area (Å²) in [7, 11) is 0. The van der Waals surface area contributed by atoms with E-state index in [0.29, 0.717) is 22.6 Å². The SMILES string of the molecule is Cc1ccc([C@@]2(O)C[C@@H](c3ccc(Cl)cc3)C(C#N)=C2N)cc1. The standard InChI is InChI=1S/C19H17ClN2O/c1-12-2-6-14(7-3-12)19(23)10-16(17(11-21)18(19)22)13-4-8-15(20)9-5-13/h2-9,16,23H,10,22H2,1H3/t16-,19-/m0/s1. The van der Waals surface area contributed by atoms with Crippen LogP contribution in [0, 0.1) is 18.3 Å². The zero-order valence-corrected chi connectivity index (χ0v) is 13.5. The second-order valence-corrected chi connectivity index (χ2v) is 6.41. The van der Waals surface area contributed by atoms with E-state index in [1.807, 2.05) is 43.3 Å². The molecule has 0 aromatic heterocycles. The van der Waals surface area contributed by atoms with Crippen LogP contribution in [0.5, 0.6) is 0 Å². The Morgan fingerprint density at radius 1 is 1.17 bits per heavy atom. The van der Waals surface area contributed by atoms with Crippen LogP contribution in [-0.4, -0.2) is 5.11 Å². The molecule has 2 aromatic rings. The van der Waals surface area contributed by atoms with E-state index in [4.69, 9.17) is 17.3 Å². The molecule has 116 valence electrons. The van der Waals surface area contributed by atoms with E-state index in [1.165, 1.54) is 0 Å². The molecule has 1 aliphatic rings. The van der Waals surface area contributed by atoms with Crippen LogP contribution < -0.4 is 5.73 Å². The predicted molar refractivity (Wildman–Crippen MR) is 90.7 cm³/mol. The minimum atomic E-state index is -1.32. The summed E-state index contributed by atoms with van der Waals surface area (Å²) in [5.41, 5.74) is 8.27. The van der Waals surface area contributed by atoms with Crippen LogP contribution in [0.25, 0.3) is 0 Å². The lowest BCUT2D eigenvalue weighted by Crippen LogP contribution is -2.30. The highest BCUT2D eigenvalue weighted by Crippen LogP contribution is 2.48. The first-order valence-electron chi connectivity index (χ1n) is 7.41. The molecule has 0 aliphatic heterocycles. The van der Waals surface area contributed by atoms with E-state index >= 15 is 0 Å². The van der Waals surface area contributed by atoms with Gasteiger partial charge in [-0.05, 0) is 36.6 Å². The van der Waals surface area contributed by atoms with Crippen LogP contribution in [-0.2, 0) is 5.60 Å². The molecule has 0 bridgehead atoms. The zero-order valence-electron chi connectivity index (χ0n) is 12.8. The van der Waals surface area contributed by atoms with Gasteiger partial charge in [0.1, 0.15) is 5.60 Å². The van der Waals surface area contributed by atoms with Crippen molar-refractivity contribution in [3.05, 3.63) is 81.5 Å². The molecule has 0 amide bonds. The smallest absolute Gasteiger partial charge is 0.131 e. The largest absolute Gasteiger partial charge is 0.399 e. The average Bonchev–Trinajstić information content (AvgIpc) is 2.81. The molecule has 23 heavy (non-hydrogen) atoms. The fourth-order valence-electron chi connectivity index (χ4n) is 3.14. The van der Waals surface area contributed by atoms with Gasteiger partial charge >= 0.3 is 0 Å². The lowest BCUT2D eigenvalue weighted by molar-refractivity contribution is 0.0724. The van der Waals surface area contributed by atoms with E-state index < -0.39 is 5.60 Å². The Bertz CT molecular complexity index is 803. The third kappa shape index (κ3) is 2.61. The van der Waals surface area contributed by atoms with Crippen molar-refractivity contribution in [3.8, 4) is 6.07 Å². The predicted octanol–water partition coefficient (Wildman–Crippen LogP) is 3.76. The van der Waals surface area contributed by atoms with Gasteiger partial charge in [0.05, 0.1) is 17.3 Å². The number of nitrogens with zero attached hydrogens (tertiary/aromatic N) is 1. The minimum Gasteiger partial charge on any atom is -0.399 e. The Morgan fingerprint density at radius 3 is 2.35 bits per heavy atom. The van der Waals surface area contributed by atoms with Gasteiger partial charge in [-0.15, -0.1) is 0 Å². The molecule has 0 spiro atoms. The van der Waals surface area contributed by atoms with Gasteiger partial charge in [-0.3, -0.25) is 0 Å². The van der Waals surface area contributed by atoms with Crippen LogP contribution in [0.4, 0.5) is 0 Å². The van der Waals surface area contributed by atoms with Crippen molar-refractivity contribution in [2.75, 3.05) is 0 Å². The number of halogens is 1. The van der Waals surface area contributed by atoms with Gasteiger partial charge in [0.25, 0.3) is 0 Å². The summed E-state index contributed by atoms with van der Waals surface area (Å²) in [5, 5.41) is 21.3. The van der Waals surface area contributed by atoms with E-state index in [0.717, 1.165) is 11.1 Å². The molecule has 3 nitrogen and oxygen atoms in total. The van der Waals surface area contributed by atoms with Gasteiger partial charge in [0.15, 0.2) is 0 Å². The molecule has 0 fully saturated rings. The number of nitriles is 1. The summed E-state index contributed by atoms with van der Waals surface area (Å²) in [5.74, 6) is -0.233. The van der Waals surface area contributed by atoms with E-state index in [1.54, 1.807) is 12.1 Å². The summed E-state index contributed by atoms with van der Waals surface area (Å²) in [6.45, 7) is 1.99. The van der Waals surface area contributed by atoms with Crippen molar-refractivity contribution in [2.24, 2.45) is 5.73 Å². The Morgan fingerprint density at radius 2 is 1.78 bits per heavy atom. The molecule has 4 heteroatoms. The second-order valence-electron chi connectivity index (χ2n) is 5.97. The number of hydrogen-bond acceptors (Lipinski definition) is 3. The molecule has 2 aromatic carbocycles. The number of hydrogen-bond donors (Lipinski definition) is 2. The highest BCUT2D eigenvalue weighted by Gasteiger charge is 2.45. The van der Waals surface area contributed by atoms with Crippen LogP contribution in [0.1, 0.15) is 29.0 Å². The summed E-state index contributed by atoms with van der Waals surface area (Å²) in [4.78, 5) is 0. The molecule has 3 N–H and O–H groups in total. The van der Waals surface area contributed by atoms with Crippen molar-refractivity contribution in [1.82, 2.24) is 0 Å². The molecular weight excluding hydrogens is 308 g/mol. The fraction of sp³-hybridized carbons (Fsp3) is 0.211. The highest BCUT2D eigenvalue weighted by atomic mass is 35.5. The number of aryl methyl sites for hydroxylation is 1. The monoisotopic (exact) mass is 324 g/mol. The summed E-state index contributed by atoms with van der Waals surface area (Å²) in [6, 6.07) is 17.1. The Hall–Kier alpha value is -2.28. The topological polar surface area (TPSA) is 70.0 Å². The van der Waals surface area contributed by atoms with Gasteiger partial charge in [0.2, 0.25) is 0 Å². The Labute approximate surface area is 140 Å². The van der Waals surface area contributed by atoms with Crippen molar-refractivity contribution < 1.29 is 5.11 Å². The number of aliphatic hydroxyl groups is 1. The quantitative estimate of drug-likeness (QED) is 0.883. The lowest BCUT2D eigenvalue weighted by Gasteiger charge is -2.25. The maximum atomic E-state index is 11.1. The molecule has 3 rings (SSSR count). The fourth-order valence-corrected chi connectivity index (χ4v) is 3.26. The van der Waals surface area contributed by atoms with Gasteiger partial charge in [-0.1, -0.05) is 53.6 Å². The van der Waals surface area contributed by atoms with E-state index in [2.05, 4.69) is 6.07 Å². The van der Waals surface area contributed by atoms with E-state index in [-0.39, 0.29) is 11.6 Å². The first kappa shape index (κ1) is 15.6. The average molecular weight is 325 g/mol. The van der Waals surface area contributed by atoms with Crippen LogP contribution >= 0.6 is 11.6 Å².